The highest BCUT2D eigenvalue weighted by Gasteiger charge is 2.22. The molecular weight excluding hydrogens is 314 g/mol. The van der Waals surface area contributed by atoms with Crippen molar-refractivity contribution in [2.75, 3.05) is 7.11 Å². The molecule has 0 aliphatic carbocycles. The SMILES string of the molecule is COc1ccc2c(C(C)=O)cn(S(=O)(=O)c3ccccc3)c2c1. The third-order valence-corrected chi connectivity index (χ3v) is 5.35. The quantitative estimate of drug-likeness (QED) is 0.690. The normalized spacial score (nSPS) is 11.6. The average Bonchev–Trinajstić information content (AvgIpc) is 2.95. The molecule has 3 aromatic rings. The number of methoxy groups -OCH3 is 1. The smallest absolute Gasteiger partial charge is 0.268 e. The summed E-state index contributed by atoms with van der Waals surface area (Å²) < 4.78 is 32.1. The van der Waals surface area contributed by atoms with Gasteiger partial charge >= 0.3 is 0 Å². The van der Waals surface area contributed by atoms with Gasteiger partial charge in [-0.25, -0.2) is 12.4 Å². The number of fused-ring (bicyclic) bond motifs is 1. The van der Waals surface area contributed by atoms with Gasteiger partial charge in [0.15, 0.2) is 5.78 Å². The van der Waals surface area contributed by atoms with Gasteiger partial charge in [0.25, 0.3) is 10.0 Å². The van der Waals surface area contributed by atoms with Crippen molar-refractivity contribution in [1.29, 1.82) is 0 Å². The van der Waals surface area contributed by atoms with Gasteiger partial charge in [-0.3, -0.25) is 4.79 Å². The molecule has 0 atom stereocenters. The van der Waals surface area contributed by atoms with E-state index in [0.717, 1.165) is 3.97 Å². The van der Waals surface area contributed by atoms with Gasteiger partial charge in [0.2, 0.25) is 0 Å². The van der Waals surface area contributed by atoms with Crippen LogP contribution in [0.3, 0.4) is 0 Å². The number of Topliss-reactive ketones (excluding diaryl/α,β-unsaturated/α-hetero) is 1. The first-order valence-electron chi connectivity index (χ1n) is 6.96. The van der Waals surface area contributed by atoms with Gasteiger partial charge in [0.05, 0.1) is 17.5 Å². The summed E-state index contributed by atoms with van der Waals surface area (Å²) in [4.78, 5) is 12.0. The molecule has 0 aliphatic heterocycles. The van der Waals surface area contributed by atoms with Crippen molar-refractivity contribution < 1.29 is 17.9 Å². The number of rotatable bonds is 4. The summed E-state index contributed by atoms with van der Waals surface area (Å²) in [5.74, 6) is 0.331. The molecule has 0 bridgehead atoms. The van der Waals surface area contributed by atoms with Crippen molar-refractivity contribution >= 4 is 26.7 Å². The minimum absolute atomic E-state index is 0.162. The molecule has 0 aliphatic rings. The molecule has 0 radical (unpaired) electrons. The molecule has 0 unspecified atom stereocenters. The van der Waals surface area contributed by atoms with E-state index in [9.17, 15) is 13.2 Å². The molecule has 5 nitrogen and oxygen atoms in total. The molecule has 1 aromatic heterocycles. The van der Waals surface area contributed by atoms with E-state index in [0.29, 0.717) is 22.2 Å². The third kappa shape index (κ3) is 2.51. The molecule has 0 amide bonds. The fourth-order valence-electron chi connectivity index (χ4n) is 2.49. The molecule has 118 valence electrons. The number of hydrogen-bond donors (Lipinski definition) is 0. The Morgan fingerprint density at radius 1 is 1.09 bits per heavy atom. The first-order chi connectivity index (χ1) is 10.9. The maximum Gasteiger partial charge on any atom is 0.268 e. The van der Waals surface area contributed by atoms with E-state index in [2.05, 4.69) is 0 Å². The van der Waals surface area contributed by atoms with Crippen LogP contribution in [0, 0.1) is 0 Å². The van der Waals surface area contributed by atoms with E-state index in [1.165, 1.54) is 32.4 Å². The minimum atomic E-state index is -3.79. The van der Waals surface area contributed by atoms with Gasteiger partial charge in [0, 0.05) is 23.2 Å². The minimum Gasteiger partial charge on any atom is -0.497 e. The van der Waals surface area contributed by atoms with Crippen molar-refractivity contribution in [3.63, 3.8) is 0 Å². The van der Waals surface area contributed by atoms with Crippen LogP contribution in [0.1, 0.15) is 17.3 Å². The highest BCUT2D eigenvalue weighted by Crippen LogP contribution is 2.29. The summed E-state index contributed by atoms with van der Waals surface area (Å²) >= 11 is 0. The molecule has 0 saturated heterocycles. The first kappa shape index (κ1) is 15.3. The van der Waals surface area contributed by atoms with Crippen molar-refractivity contribution in [2.24, 2.45) is 0 Å². The van der Waals surface area contributed by atoms with E-state index in [-0.39, 0.29) is 10.7 Å². The van der Waals surface area contributed by atoms with E-state index >= 15 is 0 Å². The van der Waals surface area contributed by atoms with Gasteiger partial charge in [-0.05, 0) is 31.2 Å². The lowest BCUT2D eigenvalue weighted by atomic mass is 10.1. The fraction of sp³-hybridized carbons (Fsp3) is 0.118. The largest absolute Gasteiger partial charge is 0.497 e. The van der Waals surface area contributed by atoms with Crippen LogP contribution in [0.15, 0.2) is 59.6 Å². The Kier molecular flexibility index (Phi) is 3.69. The third-order valence-electron chi connectivity index (χ3n) is 3.66. The van der Waals surface area contributed by atoms with E-state index in [1.54, 1.807) is 36.4 Å². The van der Waals surface area contributed by atoms with Crippen LogP contribution < -0.4 is 4.74 Å². The number of ketones is 1. The number of nitrogens with zero attached hydrogens (tertiary/aromatic N) is 1. The predicted molar refractivity (Wildman–Crippen MR) is 87.5 cm³/mol. The van der Waals surface area contributed by atoms with Crippen LogP contribution in [0.5, 0.6) is 5.75 Å². The standard InChI is InChI=1S/C17H15NO4S/c1-12(19)16-11-18(17-10-13(22-2)8-9-15(16)17)23(20,21)14-6-4-3-5-7-14/h3-11H,1-2H3. The Bertz CT molecular complexity index is 988. The number of carbonyl (C=O) groups is 1. The lowest BCUT2D eigenvalue weighted by Gasteiger charge is -2.08. The van der Waals surface area contributed by atoms with Crippen LogP contribution in [-0.4, -0.2) is 25.3 Å². The number of carbonyl (C=O) groups excluding carboxylic acids is 1. The zero-order valence-corrected chi connectivity index (χ0v) is 13.5. The monoisotopic (exact) mass is 329 g/mol. The van der Waals surface area contributed by atoms with Gasteiger partial charge in [0.1, 0.15) is 5.75 Å². The summed E-state index contributed by atoms with van der Waals surface area (Å²) in [6, 6.07) is 13.1. The van der Waals surface area contributed by atoms with Crippen molar-refractivity contribution in [2.45, 2.75) is 11.8 Å². The highest BCUT2D eigenvalue weighted by molar-refractivity contribution is 7.90. The van der Waals surface area contributed by atoms with Crippen LogP contribution in [0.2, 0.25) is 0 Å². The van der Waals surface area contributed by atoms with Crippen LogP contribution >= 0.6 is 0 Å². The van der Waals surface area contributed by atoms with Gasteiger partial charge in [-0.1, -0.05) is 18.2 Å². The predicted octanol–water partition coefficient (Wildman–Crippen LogP) is 3.09. The Balaban J connectivity index is 2.35. The zero-order valence-electron chi connectivity index (χ0n) is 12.7. The molecule has 6 heteroatoms. The van der Waals surface area contributed by atoms with Crippen LogP contribution in [0.25, 0.3) is 10.9 Å². The number of hydrogen-bond acceptors (Lipinski definition) is 4. The molecule has 1 heterocycles. The summed E-state index contributed by atoms with van der Waals surface area (Å²) in [5, 5.41) is 0.581. The molecule has 23 heavy (non-hydrogen) atoms. The molecule has 0 N–H and O–H groups in total. The summed E-state index contributed by atoms with van der Waals surface area (Å²) in [5.41, 5.74) is 0.778. The lowest BCUT2D eigenvalue weighted by molar-refractivity contribution is 0.101. The van der Waals surface area contributed by atoms with Gasteiger partial charge in [-0.15, -0.1) is 0 Å². The van der Waals surface area contributed by atoms with Crippen LogP contribution in [0.4, 0.5) is 0 Å². The second-order valence-electron chi connectivity index (χ2n) is 5.10. The topological polar surface area (TPSA) is 65.4 Å². The second kappa shape index (κ2) is 5.55. The maximum atomic E-state index is 12.9. The Morgan fingerprint density at radius 3 is 2.39 bits per heavy atom. The van der Waals surface area contributed by atoms with Crippen molar-refractivity contribution in [3.8, 4) is 5.75 Å². The molecule has 0 spiro atoms. The summed E-state index contributed by atoms with van der Waals surface area (Å²) in [6.45, 7) is 1.42. The first-order valence-corrected chi connectivity index (χ1v) is 8.40. The molecule has 0 saturated carbocycles. The van der Waals surface area contributed by atoms with Crippen LogP contribution in [-0.2, 0) is 10.0 Å². The number of ether oxygens (including phenoxy) is 1. The van der Waals surface area contributed by atoms with Crippen molar-refractivity contribution in [1.82, 2.24) is 3.97 Å². The zero-order chi connectivity index (χ0) is 16.6. The lowest BCUT2D eigenvalue weighted by Crippen LogP contribution is -2.11. The summed E-state index contributed by atoms with van der Waals surface area (Å²) in [7, 11) is -2.29. The van der Waals surface area contributed by atoms with E-state index in [1.807, 2.05) is 0 Å². The Labute approximate surface area is 134 Å². The van der Waals surface area contributed by atoms with Crippen molar-refractivity contribution in [3.05, 3.63) is 60.3 Å². The van der Waals surface area contributed by atoms with Gasteiger partial charge < -0.3 is 4.74 Å². The maximum absolute atomic E-state index is 12.9. The second-order valence-corrected chi connectivity index (χ2v) is 6.91. The van der Waals surface area contributed by atoms with E-state index < -0.39 is 10.0 Å². The van der Waals surface area contributed by atoms with E-state index in [4.69, 9.17) is 4.74 Å². The molecule has 2 aromatic carbocycles. The highest BCUT2D eigenvalue weighted by atomic mass is 32.2. The van der Waals surface area contributed by atoms with Gasteiger partial charge in [-0.2, -0.15) is 0 Å². The Hall–Kier alpha value is -2.60. The molecule has 3 rings (SSSR count). The number of benzene rings is 2. The fourth-order valence-corrected chi connectivity index (χ4v) is 3.87. The summed E-state index contributed by atoms with van der Waals surface area (Å²) in [6.07, 6.45) is 1.37. The molecule has 0 fully saturated rings. The Morgan fingerprint density at radius 2 is 1.78 bits per heavy atom. The number of aromatic nitrogens is 1. The molecular formula is C17H15NO4S. The average molecular weight is 329 g/mol.